The highest BCUT2D eigenvalue weighted by Gasteiger charge is 2.24. The number of hydrogen-bond donors (Lipinski definition) is 0. The lowest BCUT2D eigenvalue weighted by atomic mass is 9.82. The SMILES string of the molecule is C=C(C)C(=O)OCC1CCCC(COC(=O)C(=C)C)C1. The Bertz CT molecular complexity index is 361. The predicted octanol–water partition coefficient (Wildman–Crippen LogP) is 3.03. The molecule has 1 aliphatic carbocycles. The number of carbonyl (C=O) groups excluding carboxylic acids is 2. The van der Waals surface area contributed by atoms with Gasteiger partial charge in [-0.25, -0.2) is 9.59 Å². The van der Waals surface area contributed by atoms with Crippen LogP contribution in [0.1, 0.15) is 39.5 Å². The Labute approximate surface area is 120 Å². The van der Waals surface area contributed by atoms with Crippen LogP contribution in [0, 0.1) is 11.8 Å². The summed E-state index contributed by atoms with van der Waals surface area (Å²) in [6.45, 7) is 11.3. The maximum atomic E-state index is 11.4. The first-order chi connectivity index (χ1) is 9.40. The summed E-state index contributed by atoms with van der Waals surface area (Å²) in [4.78, 5) is 22.7. The standard InChI is InChI=1S/C16H24O4/c1-11(2)15(17)19-9-13-6-5-7-14(8-13)10-20-16(18)12(3)4/h13-14H,1,3,5-10H2,2,4H3. The third kappa shape index (κ3) is 5.59. The molecule has 0 spiro atoms. The molecule has 2 unspecified atom stereocenters. The van der Waals surface area contributed by atoms with E-state index >= 15 is 0 Å². The Kier molecular flexibility index (Phi) is 6.49. The van der Waals surface area contributed by atoms with Crippen molar-refractivity contribution < 1.29 is 19.1 Å². The second-order valence-corrected chi connectivity index (χ2v) is 5.66. The van der Waals surface area contributed by atoms with Gasteiger partial charge in [0, 0.05) is 11.1 Å². The molecule has 0 amide bonds. The molecule has 1 rings (SSSR count). The third-order valence-corrected chi connectivity index (χ3v) is 3.49. The molecule has 0 N–H and O–H groups in total. The van der Waals surface area contributed by atoms with Gasteiger partial charge in [-0.1, -0.05) is 19.6 Å². The number of hydrogen-bond acceptors (Lipinski definition) is 4. The molecular weight excluding hydrogens is 256 g/mol. The van der Waals surface area contributed by atoms with E-state index in [0.29, 0.717) is 36.2 Å². The Morgan fingerprint density at radius 3 is 1.70 bits per heavy atom. The van der Waals surface area contributed by atoms with Crippen molar-refractivity contribution in [1.29, 1.82) is 0 Å². The zero-order chi connectivity index (χ0) is 15.1. The summed E-state index contributed by atoms with van der Waals surface area (Å²) in [5.41, 5.74) is 0.848. The summed E-state index contributed by atoms with van der Waals surface area (Å²) in [6.07, 6.45) is 4.10. The van der Waals surface area contributed by atoms with Gasteiger partial charge in [-0.15, -0.1) is 0 Å². The zero-order valence-corrected chi connectivity index (χ0v) is 12.4. The van der Waals surface area contributed by atoms with Crippen LogP contribution in [0.3, 0.4) is 0 Å². The smallest absolute Gasteiger partial charge is 0.333 e. The van der Waals surface area contributed by atoms with Gasteiger partial charge in [0.1, 0.15) is 0 Å². The van der Waals surface area contributed by atoms with Gasteiger partial charge in [0.05, 0.1) is 13.2 Å². The summed E-state index contributed by atoms with van der Waals surface area (Å²) in [6, 6.07) is 0. The molecule has 112 valence electrons. The number of esters is 2. The van der Waals surface area contributed by atoms with Crippen molar-refractivity contribution in [3.8, 4) is 0 Å². The fourth-order valence-electron chi connectivity index (χ4n) is 2.34. The molecular formula is C16H24O4. The third-order valence-electron chi connectivity index (χ3n) is 3.49. The van der Waals surface area contributed by atoms with Crippen molar-refractivity contribution >= 4 is 11.9 Å². The van der Waals surface area contributed by atoms with Crippen LogP contribution in [0.25, 0.3) is 0 Å². The lowest BCUT2D eigenvalue weighted by Crippen LogP contribution is -2.25. The number of ether oxygens (including phenoxy) is 2. The van der Waals surface area contributed by atoms with E-state index in [4.69, 9.17) is 9.47 Å². The van der Waals surface area contributed by atoms with Crippen LogP contribution < -0.4 is 0 Å². The van der Waals surface area contributed by atoms with Crippen LogP contribution in [-0.4, -0.2) is 25.2 Å². The van der Waals surface area contributed by atoms with Crippen LogP contribution in [0.15, 0.2) is 24.3 Å². The minimum Gasteiger partial charge on any atom is -0.462 e. The van der Waals surface area contributed by atoms with Gasteiger partial charge in [-0.2, -0.15) is 0 Å². The average molecular weight is 280 g/mol. The Morgan fingerprint density at radius 1 is 0.950 bits per heavy atom. The number of carbonyl (C=O) groups is 2. The molecule has 4 heteroatoms. The normalized spacial score (nSPS) is 21.9. The highest BCUT2D eigenvalue weighted by Crippen LogP contribution is 2.29. The van der Waals surface area contributed by atoms with E-state index in [9.17, 15) is 9.59 Å². The van der Waals surface area contributed by atoms with Crippen LogP contribution in [-0.2, 0) is 19.1 Å². The van der Waals surface area contributed by atoms with Crippen molar-refractivity contribution in [3.63, 3.8) is 0 Å². The fraction of sp³-hybridized carbons (Fsp3) is 0.625. The van der Waals surface area contributed by atoms with Crippen LogP contribution in [0.2, 0.25) is 0 Å². The molecule has 0 aliphatic heterocycles. The highest BCUT2D eigenvalue weighted by molar-refractivity contribution is 5.87. The van der Waals surface area contributed by atoms with Gasteiger partial charge in [-0.3, -0.25) is 0 Å². The van der Waals surface area contributed by atoms with Crippen molar-refractivity contribution in [2.24, 2.45) is 11.8 Å². The maximum Gasteiger partial charge on any atom is 0.333 e. The molecule has 4 nitrogen and oxygen atoms in total. The van der Waals surface area contributed by atoms with Crippen molar-refractivity contribution in [2.75, 3.05) is 13.2 Å². The highest BCUT2D eigenvalue weighted by atomic mass is 16.5. The summed E-state index contributed by atoms with van der Waals surface area (Å²) in [5, 5.41) is 0. The maximum absolute atomic E-state index is 11.4. The minimum absolute atomic E-state index is 0.333. The Balaban J connectivity index is 2.31. The monoisotopic (exact) mass is 280 g/mol. The first kappa shape index (κ1) is 16.5. The van der Waals surface area contributed by atoms with Gasteiger partial charge in [0.15, 0.2) is 0 Å². The lowest BCUT2D eigenvalue weighted by Gasteiger charge is -2.28. The van der Waals surface area contributed by atoms with E-state index < -0.39 is 0 Å². The second-order valence-electron chi connectivity index (χ2n) is 5.66. The molecule has 1 fully saturated rings. The van der Waals surface area contributed by atoms with Gasteiger partial charge < -0.3 is 9.47 Å². The summed E-state index contributed by atoms with van der Waals surface area (Å²) < 4.78 is 10.4. The quantitative estimate of drug-likeness (QED) is 0.554. The summed E-state index contributed by atoms with van der Waals surface area (Å²) in [5.74, 6) is 0.0304. The molecule has 0 bridgehead atoms. The van der Waals surface area contributed by atoms with E-state index in [1.807, 2.05) is 0 Å². The van der Waals surface area contributed by atoms with E-state index in [1.165, 1.54) is 0 Å². The van der Waals surface area contributed by atoms with Gasteiger partial charge >= 0.3 is 11.9 Å². The minimum atomic E-state index is -0.333. The second kappa shape index (κ2) is 7.88. The van der Waals surface area contributed by atoms with Gasteiger partial charge in [0.2, 0.25) is 0 Å². The Morgan fingerprint density at radius 2 is 1.35 bits per heavy atom. The van der Waals surface area contributed by atoms with Crippen molar-refractivity contribution in [3.05, 3.63) is 24.3 Å². The molecule has 0 heterocycles. The molecule has 0 aromatic heterocycles. The molecule has 0 saturated heterocycles. The van der Waals surface area contributed by atoms with E-state index in [0.717, 1.165) is 25.7 Å². The van der Waals surface area contributed by atoms with Crippen molar-refractivity contribution in [2.45, 2.75) is 39.5 Å². The molecule has 0 aromatic rings. The number of rotatable bonds is 6. The summed E-state index contributed by atoms with van der Waals surface area (Å²) >= 11 is 0. The van der Waals surface area contributed by atoms with Crippen LogP contribution in [0.5, 0.6) is 0 Å². The molecule has 1 saturated carbocycles. The van der Waals surface area contributed by atoms with E-state index in [-0.39, 0.29) is 11.9 Å². The van der Waals surface area contributed by atoms with Gasteiger partial charge in [-0.05, 0) is 44.9 Å². The zero-order valence-electron chi connectivity index (χ0n) is 12.4. The first-order valence-corrected chi connectivity index (χ1v) is 7.05. The molecule has 20 heavy (non-hydrogen) atoms. The van der Waals surface area contributed by atoms with E-state index in [1.54, 1.807) is 13.8 Å². The van der Waals surface area contributed by atoms with Crippen LogP contribution in [0.4, 0.5) is 0 Å². The predicted molar refractivity (Wildman–Crippen MR) is 77.0 cm³/mol. The average Bonchev–Trinajstić information content (AvgIpc) is 2.42. The van der Waals surface area contributed by atoms with E-state index in [2.05, 4.69) is 13.2 Å². The molecule has 0 aromatic carbocycles. The lowest BCUT2D eigenvalue weighted by molar-refractivity contribution is -0.141. The van der Waals surface area contributed by atoms with Crippen LogP contribution >= 0.6 is 0 Å². The topological polar surface area (TPSA) is 52.6 Å². The largest absolute Gasteiger partial charge is 0.462 e. The van der Waals surface area contributed by atoms with Gasteiger partial charge in [0.25, 0.3) is 0 Å². The summed E-state index contributed by atoms with van der Waals surface area (Å²) in [7, 11) is 0. The molecule has 2 atom stereocenters. The Hall–Kier alpha value is -1.58. The molecule has 0 radical (unpaired) electrons. The fourth-order valence-corrected chi connectivity index (χ4v) is 2.34. The molecule has 1 aliphatic rings. The first-order valence-electron chi connectivity index (χ1n) is 7.05. The van der Waals surface area contributed by atoms with Crippen molar-refractivity contribution in [1.82, 2.24) is 0 Å².